The Labute approximate surface area is 201 Å². The molecule has 0 saturated heterocycles. The highest BCUT2D eigenvalue weighted by Crippen LogP contribution is 2.21. The van der Waals surface area contributed by atoms with Crippen LogP contribution in [0.15, 0.2) is 29.2 Å². The molecular weight excluding hydrogens is 528 g/mol. The highest BCUT2D eigenvalue weighted by molar-refractivity contribution is 8.76. The Balaban J connectivity index is 0.00000135. The lowest BCUT2D eigenvalue weighted by atomic mass is 10.1. The molecule has 0 aliphatic carbocycles. The average molecular weight is 553 g/mol. The number of rotatable bonds is 12. The van der Waals surface area contributed by atoms with Crippen LogP contribution in [0.5, 0.6) is 0 Å². The van der Waals surface area contributed by atoms with Crippen molar-refractivity contribution in [1.82, 2.24) is 10.0 Å². The summed E-state index contributed by atoms with van der Waals surface area (Å²) in [6.45, 7) is 3.67. The van der Waals surface area contributed by atoms with Crippen LogP contribution in [0.3, 0.4) is 0 Å². The number of halogens is 4. The third-order valence-corrected chi connectivity index (χ3v) is 7.45. The van der Waals surface area contributed by atoms with Crippen molar-refractivity contribution in [3.8, 4) is 0 Å². The van der Waals surface area contributed by atoms with Crippen LogP contribution in [-0.4, -0.2) is 66.7 Å². The fourth-order valence-corrected chi connectivity index (χ4v) is 5.27. The summed E-state index contributed by atoms with van der Waals surface area (Å²) in [6, 6.07) is 3.92. The van der Waals surface area contributed by atoms with E-state index >= 15 is 0 Å². The van der Waals surface area contributed by atoms with Crippen LogP contribution in [0.25, 0.3) is 0 Å². The molecule has 0 aromatic heterocycles. The minimum absolute atomic E-state index is 0.0667. The second-order valence-corrected chi connectivity index (χ2v) is 11.0. The van der Waals surface area contributed by atoms with Gasteiger partial charge in [-0.15, -0.1) is 0 Å². The van der Waals surface area contributed by atoms with Gasteiger partial charge in [-0.25, -0.2) is 17.6 Å². The van der Waals surface area contributed by atoms with E-state index in [-0.39, 0.29) is 12.3 Å². The first kappa shape index (κ1) is 32.0. The van der Waals surface area contributed by atoms with Crippen LogP contribution in [-0.2, 0) is 24.4 Å². The molecule has 1 unspecified atom stereocenters. The quantitative estimate of drug-likeness (QED) is 0.174. The molecule has 9 nitrogen and oxygen atoms in total. The van der Waals surface area contributed by atoms with Crippen LogP contribution in [0.2, 0.25) is 0 Å². The number of hydrogen-bond donors (Lipinski definition) is 4. The van der Waals surface area contributed by atoms with Gasteiger partial charge < -0.3 is 15.5 Å². The maximum absolute atomic E-state index is 13.8. The van der Waals surface area contributed by atoms with E-state index in [2.05, 4.69) is 10.0 Å². The third-order valence-electron chi connectivity index (χ3n) is 3.57. The normalized spacial score (nSPS) is 12.4. The highest BCUT2D eigenvalue weighted by Gasteiger charge is 2.38. The zero-order chi connectivity index (χ0) is 26.5. The number of amides is 1. The van der Waals surface area contributed by atoms with E-state index in [1.165, 1.54) is 33.7 Å². The standard InChI is InChI=1S/C16H23FN2O5S3.C2HF3O2/c1-11(2)15(16(22)18-8-10-26-25-9-7-14(20)21)19-27(23,24)13-6-4-3-5-12(13)17;3-2(4,5)1(6)7/h3-6,11,15,19H,7-10H2,1-2H3,(H,18,22)(H,20,21);(H,6,7). The largest absolute Gasteiger partial charge is 0.490 e. The predicted molar refractivity (Wildman–Crippen MR) is 119 cm³/mol. The maximum atomic E-state index is 13.8. The molecule has 1 aromatic carbocycles. The molecule has 0 radical (unpaired) electrons. The first-order valence-electron chi connectivity index (χ1n) is 9.40. The van der Waals surface area contributed by atoms with E-state index in [9.17, 15) is 35.6 Å². The van der Waals surface area contributed by atoms with Gasteiger partial charge >= 0.3 is 18.1 Å². The van der Waals surface area contributed by atoms with Gasteiger partial charge in [0.25, 0.3) is 0 Å². The number of aliphatic carboxylic acids is 2. The monoisotopic (exact) mass is 552 g/mol. The molecule has 0 heterocycles. The molecule has 0 saturated carbocycles. The molecule has 194 valence electrons. The Bertz CT molecular complexity index is 928. The molecule has 0 aliphatic heterocycles. The molecule has 0 aliphatic rings. The molecule has 1 aromatic rings. The zero-order valence-electron chi connectivity index (χ0n) is 18.0. The predicted octanol–water partition coefficient (Wildman–Crippen LogP) is 2.73. The van der Waals surface area contributed by atoms with Crippen molar-refractivity contribution in [3.05, 3.63) is 30.1 Å². The van der Waals surface area contributed by atoms with Gasteiger partial charge in [0.15, 0.2) is 0 Å². The second kappa shape index (κ2) is 15.1. The zero-order valence-corrected chi connectivity index (χ0v) is 20.4. The minimum atomic E-state index is -5.08. The second-order valence-electron chi connectivity index (χ2n) is 6.66. The SMILES string of the molecule is CC(C)C(NS(=O)(=O)c1ccccc1F)C(=O)NCCSSCCC(=O)O.O=C(O)C(F)(F)F. The van der Waals surface area contributed by atoms with Gasteiger partial charge in [-0.05, 0) is 18.1 Å². The number of hydrogen-bond acceptors (Lipinski definition) is 7. The fourth-order valence-electron chi connectivity index (χ4n) is 1.96. The molecule has 16 heteroatoms. The van der Waals surface area contributed by atoms with E-state index in [0.717, 1.165) is 12.1 Å². The van der Waals surface area contributed by atoms with Crippen molar-refractivity contribution in [2.45, 2.75) is 37.4 Å². The summed E-state index contributed by atoms with van der Waals surface area (Å²) >= 11 is 0. The van der Waals surface area contributed by atoms with Crippen LogP contribution in [0.1, 0.15) is 20.3 Å². The number of carboxylic acid groups (broad SMARTS) is 2. The Morgan fingerprint density at radius 2 is 1.59 bits per heavy atom. The van der Waals surface area contributed by atoms with Crippen molar-refractivity contribution in [1.29, 1.82) is 0 Å². The van der Waals surface area contributed by atoms with Gasteiger partial charge in [0, 0.05) is 18.1 Å². The lowest BCUT2D eigenvalue weighted by Crippen LogP contribution is -2.50. The maximum Gasteiger partial charge on any atom is 0.490 e. The molecule has 0 spiro atoms. The summed E-state index contributed by atoms with van der Waals surface area (Å²) in [5.74, 6) is -4.34. The van der Waals surface area contributed by atoms with E-state index in [1.807, 2.05) is 0 Å². The lowest BCUT2D eigenvalue weighted by Gasteiger charge is -2.21. The van der Waals surface area contributed by atoms with Gasteiger partial charge in [-0.1, -0.05) is 47.6 Å². The smallest absolute Gasteiger partial charge is 0.481 e. The number of benzene rings is 1. The van der Waals surface area contributed by atoms with Crippen LogP contribution >= 0.6 is 21.6 Å². The molecule has 34 heavy (non-hydrogen) atoms. The van der Waals surface area contributed by atoms with Crippen molar-refractivity contribution in [2.24, 2.45) is 5.92 Å². The van der Waals surface area contributed by atoms with Gasteiger partial charge in [0.05, 0.1) is 6.42 Å². The van der Waals surface area contributed by atoms with E-state index in [1.54, 1.807) is 13.8 Å². The Hall–Kier alpha value is -2.04. The molecule has 0 bridgehead atoms. The number of carbonyl (C=O) groups is 3. The summed E-state index contributed by atoms with van der Waals surface area (Å²) in [5.41, 5.74) is 0. The summed E-state index contributed by atoms with van der Waals surface area (Å²) in [4.78, 5) is 31.1. The van der Waals surface area contributed by atoms with Crippen molar-refractivity contribution >= 4 is 49.5 Å². The number of sulfonamides is 1. The molecule has 4 N–H and O–H groups in total. The molecule has 1 amide bonds. The number of carbonyl (C=O) groups excluding carboxylic acids is 1. The van der Waals surface area contributed by atoms with Gasteiger partial charge in [-0.3, -0.25) is 9.59 Å². The summed E-state index contributed by atoms with van der Waals surface area (Å²) in [5, 5.41) is 18.3. The van der Waals surface area contributed by atoms with Crippen molar-refractivity contribution in [2.75, 3.05) is 18.1 Å². The van der Waals surface area contributed by atoms with Gasteiger partial charge in [0.1, 0.15) is 16.8 Å². The minimum Gasteiger partial charge on any atom is -0.481 e. The van der Waals surface area contributed by atoms with Crippen LogP contribution < -0.4 is 10.0 Å². The highest BCUT2D eigenvalue weighted by atomic mass is 33.1. The van der Waals surface area contributed by atoms with E-state index in [0.29, 0.717) is 18.1 Å². The first-order chi connectivity index (χ1) is 15.6. The van der Waals surface area contributed by atoms with Crippen molar-refractivity contribution < 1.29 is 50.6 Å². The topological polar surface area (TPSA) is 150 Å². The fraction of sp³-hybridized carbons (Fsp3) is 0.500. The van der Waals surface area contributed by atoms with Crippen LogP contribution in [0.4, 0.5) is 17.6 Å². The third kappa shape index (κ3) is 13.0. The Morgan fingerprint density at radius 1 is 1.06 bits per heavy atom. The molecule has 0 fully saturated rings. The lowest BCUT2D eigenvalue weighted by molar-refractivity contribution is -0.192. The van der Waals surface area contributed by atoms with Crippen LogP contribution in [0, 0.1) is 11.7 Å². The number of alkyl halides is 3. The Morgan fingerprint density at radius 3 is 2.06 bits per heavy atom. The van der Waals surface area contributed by atoms with E-state index < -0.39 is 50.8 Å². The van der Waals surface area contributed by atoms with E-state index in [4.69, 9.17) is 15.0 Å². The number of carboxylic acids is 2. The molecule has 1 atom stereocenters. The molecular formula is C18H24F4N2O7S3. The summed E-state index contributed by atoms with van der Waals surface area (Å²) < 4.78 is 72.6. The Kier molecular flexibility index (Phi) is 14.2. The molecule has 1 rings (SSSR count). The van der Waals surface area contributed by atoms with Crippen molar-refractivity contribution in [3.63, 3.8) is 0 Å². The van der Waals surface area contributed by atoms with Gasteiger partial charge in [-0.2, -0.15) is 17.9 Å². The average Bonchev–Trinajstić information content (AvgIpc) is 2.70. The summed E-state index contributed by atoms with van der Waals surface area (Å²) in [6.07, 6.45) is -5.02. The first-order valence-corrected chi connectivity index (χ1v) is 13.4. The van der Waals surface area contributed by atoms with Gasteiger partial charge in [0.2, 0.25) is 15.9 Å². The number of nitrogens with one attached hydrogen (secondary N) is 2. The summed E-state index contributed by atoms with van der Waals surface area (Å²) in [7, 11) is -1.37.